The number of aryl methyl sites for hydroxylation is 1. The molecule has 6 N–H and O–H groups in total. The Morgan fingerprint density at radius 2 is 1.55 bits per heavy atom. The predicted octanol–water partition coefficient (Wildman–Crippen LogP) is 5.70. The van der Waals surface area contributed by atoms with Crippen molar-refractivity contribution in [2.24, 2.45) is 35.3 Å². The number of Topliss-reactive ketones (excluding diaryl/α,β-unsaturated/α-hetero) is 2. The van der Waals surface area contributed by atoms with Gasteiger partial charge < -0.3 is 59.7 Å². The Morgan fingerprint density at radius 3 is 2.24 bits per heavy atom. The summed E-state index contributed by atoms with van der Waals surface area (Å²) in [6.45, 7) is 12.8. The number of nitrogens with one attached hydrogen (secondary N) is 1. The van der Waals surface area contributed by atoms with E-state index in [0.717, 1.165) is 5.57 Å². The molecular weight excluding hydrogens is 979 g/mol. The number of piperidine rings is 1. The highest BCUT2D eigenvalue weighted by molar-refractivity contribution is 6.39. The molecule has 424 valence electrons. The van der Waals surface area contributed by atoms with Crippen LogP contribution in [-0.2, 0) is 54.1 Å². The summed E-state index contributed by atoms with van der Waals surface area (Å²) in [5.74, 6) is -7.17. The number of nitrogens with two attached hydrogens (primary N) is 1. The Labute approximate surface area is 449 Å². The van der Waals surface area contributed by atoms with Crippen LogP contribution in [0.4, 0.5) is 4.79 Å². The lowest BCUT2D eigenvalue weighted by molar-refractivity contribution is -0.265. The highest BCUT2D eigenvalue weighted by Gasteiger charge is 2.53. The van der Waals surface area contributed by atoms with Gasteiger partial charge in [-0.15, -0.1) is 0 Å². The number of hydrogen-bond donors (Lipinski definition) is 5. The maximum atomic E-state index is 14.7. The number of methoxy groups -OCH3 is 3. The molecule has 1 aromatic heterocycles. The zero-order chi connectivity index (χ0) is 55.9. The lowest BCUT2D eigenvalue weighted by atomic mass is 9.80. The summed E-state index contributed by atoms with van der Waals surface area (Å²) < 4.78 is 36.1. The molecule has 2 bridgehead atoms. The van der Waals surface area contributed by atoms with Crippen LogP contribution < -0.4 is 11.1 Å². The van der Waals surface area contributed by atoms with Crippen LogP contribution in [0, 0.1) is 36.5 Å². The van der Waals surface area contributed by atoms with E-state index in [2.05, 4.69) is 15.3 Å². The molecule has 4 aliphatic rings. The summed E-state index contributed by atoms with van der Waals surface area (Å²) in [5, 5.41) is 37.3. The first kappa shape index (κ1) is 62.1. The van der Waals surface area contributed by atoms with Gasteiger partial charge in [-0.3, -0.25) is 14.4 Å². The molecule has 0 radical (unpaired) electrons. The third kappa shape index (κ3) is 16.9. The van der Waals surface area contributed by atoms with E-state index in [0.29, 0.717) is 81.2 Å². The molecule has 3 fully saturated rings. The molecule has 1 aliphatic carbocycles. The van der Waals surface area contributed by atoms with Crippen LogP contribution in [0.3, 0.4) is 0 Å². The summed E-state index contributed by atoms with van der Waals surface area (Å²) in [5.41, 5.74) is 9.01. The smallest absolute Gasteiger partial charge is 0.407 e. The van der Waals surface area contributed by atoms with Crippen LogP contribution in [0.2, 0.25) is 0 Å². The molecule has 1 saturated carbocycles. The molecule has 0 spiro atoms. The minimum Gasteiger partial charge on any atom is -0.459 e. The van der Waals surface area contributed by atoms with Gasteiger partial charge in [-0.25, -0.2) is 19.6 Å². The molecule has 2 amide bonds. The average Bonchev–Trinajstić information content (AvgIpc) is 3.40. The molecule has 3 aliphatic heterocycles. The zero-order valence-electron chi connectivity index (χ0n) is 46.4. The number of fused-ring (bicyclic) bond motifs is 3. The lowest BCUT2D eigenvalue weighted by Crippen LogP contribution is -2.61. The molecule has 2 saturated heterocycles. The molecule has 19 nitrogen and oxygen atoms in total. The summed E-state index contributed by atoms with van der Waals surface area (Å²) in [6.07, 6.45) is 11.7. The molecule has 19 heteroatoms. The average molecular weight is 1070 g/mol. The van der Waals surface area contributed by atoms with Gasteiger partial charge in [-0.1, -0.05) is 64.2 Å². The van der Waals surface area contributed by atoms with Crippen LogP contribution in [0.5, 0.6) is 0 Å². The van der Waals surface area contributed by atoms with E-state index >= 15 is 0 Å². The first-order valence-electron chi connectivity index (χ1n) is 27.2. The van der Waals surface area contributed by atoms with Crippen molar-refractivity contribution in [3.05, 3.63) is 71.4 Å². The van der Waals surface area contributed by atoms with Gasteiger partial charge in [0.1, 0.15) is 36.3 Å². The molecule has 16 atom stereocenters. The van der Waals surface area contributed by atoms with Crippen LogP contribution in [0.15, 0.2) is 60.0 Å². The van der Waals surface area contributed by atoms with Crippen LogP contribution in [-0.4, -0.2) is 154 Å². The maximum Gasteiger partial charge on any atom is 0.407 e. The summed E-state index contributed by atoms with van der Waals surface area (Å²) in [7, 11) is 4.62. The normalized spacial score (nSPS) is 37.1. The predicted molar refractivity (Wildman–Crippen MR) is 283 cm³/mol. The van der Waals surface area contributed by atoms with Crippen molar-refractivity contribution in [1.82, 2.24) is 20.2 Å². The van der Waals surface area contributed by atoms with Crippen molar-refractivity contribution in [3.63, 3.8) is 0 Å². The van der Waals surface area contributed by atoms with Gasteiger partial charge in [0.05, 0.1) is 24.4 Å². The SMILES string of the molecule is CO[C@H]1C[C@@H]2CC[C@@H](C)[C@@](O)(O2)C(=O)C(=O)N2CCCC[C@H]2C(=O)O[C@H]([C@H](N)C[C@@H]2CC[C@@H](OC(=O)NCc3cnc(C)nc3)[C@H](OC)C2)C[C@@H](OC)[C@H](C)/C=C(\C)[C@@H](O)[C@@H](O)C(=O)C(C)C[C@H](C)/C=C/C=C/C=C/1C. The Hall–Kier alpha value is -4.73. The minimum absolute atomic E-state index is 0.0385. The largest absolute Gasteiger partial charge is 0.459 e. The topological polar surface area (TPSA) is 268 Å². The van der Waals surface area contributed by atoms with Gasteiger partial charge in [0.15, 0.2) is 5.78 Å². The quantitative estimate of drug-likeness (QED) is 0.113. The number of rotatable bonds is 9. The van der Waals surface area contributed by atoms with Crippen LogP contribution in [0.25, 0.3) is 0 Å². The minimum atomic E-state index is -2.46. The van der Waals surface area contributed by atoms with Gasteiger partial charge in [-0.2, -0.15) is 0 Å². The number of carbonyl (C=O) groups excluding carboxylic acids is 5. The van der Waals surface area contributed by atoms with Crippen LogP contribution >= 0.6 is 0 Å². The van der Waals surface area contributed by atoms with Gasteiger partial charge in [0.2, 0.25) is 5.79 Å². The van der Waals surface area contributed by atoms with Crippen molar-refractivity contribution in [2.75, 3.05) is 27.9 Å². The summed E-state index contributed by atoms with van der Waals surface area (Å²) in [4.78, 5) is 79.4. The number of amides is 2. The van der Waals surface area contributed by atoms with E-state index in [1.54, 1.807) is 60.4 Å². The number of alkyl carbamates (subject to hydrolysis) is 1. The van der Waals surface area contributed by atoms with Crippen molar-refractivity contribution < 1.29 is 67.7 Å². The summed E-state index contributed by atoms with van der Waals surface area (Å²) >= 11 is 0. The van der Waals surface area contributed by atoms with Gasteiger partial charge in [0.25, 0.3) is 11.7 Å². The highest BCUT2D eigenvalue weighted by atomic mass is 16.6. The molecule has 76 heavy (non-hydrogen) atoms. The van der Waals surface area contributed by atoms with Crippen molar-refractivity contribution >= 4 is 29.5 Å². The highest BCUT2D eigenvalue weighted by Crippen LogP contribution is 2.38. The van der Waals surface area contributed by atoms with Gasteiger partial charge in [0, 0.05) is 89.0 Å². The number of aromatic nitrogens is 2. The second-order valence-electron chi connectivity index (χ2n) is 21.8. The fourth-order valence-electron chi connectivity index (χ4n) is 11.1. The zero-order valence-corrected chi connectivity index (χ0v) is 46.4. The first-order valence-corrected chi connectivity index (χ1v) is 27.2. The monoisotopic (exact) mass is 1070 g/mol. The van der Waals surface area contributed by atoms with Gasteiger partial charge in [-0.05, 0) is 108 Å². The van der Waals surface area contributed by atoms with Crippen molar-refractivity contribution in [2.45, 2.75) is 199 Å². The van der Waals surface area contributed by atoms with E-state index < -0.39 is 114 Å². The van der Waals surface area contributed by atoms with Crippen molar-refractivity contribution in [1.29, 1.82) is 0 Å². The number of cyclic esters (lactones) is 1. The Kier molecular flexibility index (Phi) is 23.9. The number of aliphatic hydroxyl groups excluding tert-OH is 2. The maximum absolute atomic E-state index is 14.7. The van der Waals surface area contributed by atoms with Gasteiger partial charge >= 0.3 is 12.1 Å². The fourth-order valence-corrected chi connectivity index (χ4v) is 11.1. The number of hydrogen-bond acceptors (Lipinski definition) is 17. The molecule has 0 aromatic carbocycles. The third-order valence-electron chi connectivity index (χ3n) is 16.0. The molecule has 1 aromatic rings. The lowest BCUT2D eigenvalue weighted by Gasteiger charge is -2.43. The van der Waals surface area contributed by atoms with E-state index in [-0.39, 0.29) is 37.8 Å². The van der Waals surface area contributed by atoms with Crippen molar-refractivity contribution in [3.8, 4) is 0 Å². The molecule has 4 heterocycles. The summed E-state index contributed by atoms with van der Waals surface area (Å²) in [6, 6.07) is -1.97. The van der Waals surface area contributed by atoms with E-state index in [9.17, 15) is 39.3 Å². The number of aliphatic hydroxyl groups is 3. The number of ether oxygens (including phenoxy) is 6. The van der Waals surface area contributed by atoms with Crippen LogP contribution in [0.1, 0.15) is 130 Å². The third-order valence-corrected chi connectivity index (χ3v) is 16.0. The van der Waals surface area contributed by atoms with E-state index in [1.807, 2.05) is 51.2 Å². The molecule has 5 rings (SSSR count). The Bertz CT molecular complexity index is 2220. The number of nitrogens with zero attached hydrogens (tertiary/aromatic N) is 3. The molecular formula is C57H87N5O14. The number of ketones is 2. The second kappa shape index (κ2) is 29.3. The number of carbonyl (C=O) groups is 5. The Balaban J connectivity index is 1.42. The standard InChI is InChI=1S/C57H87N5O14/c1-33-16-12-11-13-17-34(2)46(71-8)28-42-21-19-38(6)57(70,76-42)53(66)54(67)62-23-15-14-18-44(62)55(68)74-48(29-47(72-9)35(3)25-37(5)51(64)52(65)50(63)36(4)24-33)43(58)26-40-20-22-45(49(27-40)73-10)75-56(69)61-32-41-30-59-39(7)60-31-41/h11-13,16-17,25,30-31,33,35-36,38,40,42-49,51-52,64-65,70H,14-15,18-24,26-29,32,58H2,1-10H3,(H,61,69)/b13-11+,16-12+,34-17+,37-25+/t33-,35-,36?,38-,40+,42+,43-,44+,45-,46+,47-,48+,49-,51-,52+,57-/m1/s1. The van der Waals surface area contributed by atoms with E-state index in [4.69, 9.17) is 34.2 Å². The first-order chi connectivity index (χ1) is 36.1. The number of esters is 1. The van der Waals surface area contributed by atoms with E-state index in [1.165, 1.54) is 12.0 Å². The number of allylic oxidation sites excluding steroid dienone is 5. The fraction of sp³-hybridized carbons (Fsp3) is 0.702. The second-order valence-corrected chi connectivity index (χ2v) is 21.8. The Morgan fingerprint density at radius 1 is 0.842 bits per heavy atom. The molecule has 1 unspecified atom stereocenters.